The van der Waals surface area contributed by atoms with Gasteiger partial charge in [-0.2, -0.15) is 0 Å². The van der Waals surface area contributed by atoms with Gasteiger partial charge in [0.2, 0.25) is 10.0 Å². The quantitative estimate of drug-likeness (QED) is 0.703. The highest BCUT2D eigenvalue weighted by Crippen LogP contribution is 2.56. The van der Waals surface area contributed by atoms with E-state index in [1.807, 2.05) is 30.3 Å². The van der Waals surface area contributed by atoms with E-state index in [2.05, 4.69) is 29.0 Å². The molecule has 1 saturated heterocycles. The molecule has 2 aliphatic carbocycles. The highest BCUT2D eigenvalue weighted by molar-refractivity contribution is 7.88. The minimum Gasteiger partial charge on any atom is -0.380 e. The maximum atomic E-state index is 13.4. The summed E-state index contributed by atoms with van der Waals surface area (Å²) in [4.78, 5) is 15.1. The van der Waals surface area contributed by atoms with E-state index < -0.39 is 15.6 Å². The zero-order chi connectivity index (χ0) is 22.6. The van der Waals surface area contributed by atoms with Gasteiger partial charge < -0.3 is 10.0 Å². The number of nitrogens with zero attached hydrogens (tertiary/aromatic N) is 1. The molecule has 2 atom stereocenters. The first-order chi connectivity index (χ1) is 15.2. The number of benzene rings is 2. The van der Waals surface area contributed by atoms with Crippen LogP contribution in [0.5, 0.6) is 0 Å². The largest absolute Gasteiger partial charge is 0.380 e. The van der Waals surface area contributed by atoms with Crippen LogP contribution in [-0.2, 0) is 21.2 Å². The van der Waals surface area contributed by atoms with Crippen molar-refractivity contribution in [3.8, 4) is 11.1 Å². The van der Waals surface area contributed by atoms with Crippen molar-refractivity contribution >= 4 is 15.9 Å². The predicted octanol–water partition coefficient (Wildman–Crippen LogP) is 2.72. The van der Waals surface area contributed by atoms with Crippen LogP contribution in [0, 0.1) is 5.41 Å². The Kier molecular flexibility index (Phi) is 5.19. The first-order valence-electron chi connectivity index (χ1n) is 11.3. The molecule has 32 heavy (non-hydrogen) atoms. The molecule has 0 unspecified atom stereocenters. The molecule has 5 rings (SSSR count). The smallest absolute Gasteiger partial charge is 0.254 e. The van der Waals surface area contributed by atoms with Crippen molar-refractivity contribution in [3.05, 3.63) is 60.2 Å². The molecule has 0 radical (unpaired) electrons. The van der Waals surface area contributed by atoms with Crippen LogP contribution >= 0.6 is 0 Å². The number of sulfonamides is 1. The van der Waals surface area contributed by atoms with Crippen LogP contribution in [0.15, 0.2) is 54.6 Å². The van der Waals surface area contributed by atoms with E-state index in [1.165, 1.54) is 6.26 Å². The fraction of sp³-hybridized carbons (Fsp3) is 0.480. The summed E-state index contributed by atoms with van der Waals surface area (Å²) in [5, 5.41) is 10.8. The molecule has 1 aliphatic heterocycles. The van der Waals surface area contributed by atoms with Crippen molar-refractivity contribution in [1.82, 2.24) is 9.62 Å². The molecular weight excluding hydrogens is 424 g/mol. The number of amides is 1. The van der Waals surface area contributed by atoms with E-state index in [-0.39, 0.29) is 23.4 Å². The van der Waals surface area contributed by atoms with Crippen LogP contribution in [0.2, 0.25) is 0 Å². The number of aliphatic hydroxyl groups is 1. The van der Waals surface area contributed by atoms with Crippen molar-refractivity contribution in [1.29, 1.82) is 0 Å². The molecule has 7 heteroatoms. The lowest BCUT2D eigenvalue weighted by Gasteiger charge is -2.40. The molecule has 0 aromatic heterocycles. The molecule has 2 N–H and O–H groups in total. The second-order valence-corrected chi connectivity index (χ2v) is 11.7. The van der Waals surface area contributed by atoms with Crippen LogP contribution in [0.1, 0.15) is 37.7 Å². The molecule has 3 fully saturated rings. The highest BCUT2D eigenvalue weighted by Gasteiger charge is 2.63. The maximum Gasteiger partial charge on any atom is 0.254 e. The third kappa shape index (κ3) is 3.98. The fourth-order valence-corrected chi connectivity index (χ4v) is 6.27. The number of nitrogens with one attached hydrogen (secondary N) is 1. The molecule has 3 aliphatic rings. The maximum absolute atomic E-state index is 13.4. The first-order valence-corrected chi connectivity index (χ1v) is 13.2. The molecule has 0 bridgehead atoms. The van der Waals surface area contributed by atoms with Gasteiger partial charge in [0.15, 0.2) is 0 Å². The van der Waals surface area contributed by atoms with Crippen LogP contribution in [0.4, 0.5) is 0 Å². The van der Waals surface area contributed by atoms with Gasteiger partial charge in [0.05, 0.1) is 12.3 Å². The van der Waals surface area contributed by atoms with Gasteiger partial charge in [0, 0.05) is 18.0 Å². The Morgan fingerprint density at radius 1 is 1.06 bits per heavy atom. The molecule has 2 aromatic rings. The van der Waals surface area contributed by atoms with Crippen molar-refractivity contribution in [2.45, 2.75) is 56.2 Å². The van der Waals surface area contributed by atoms with Gasteiger partial charge in [-0.25, -0.2) is 13.1 Å². The zero-order valence-electron chi connectivity index (χ0n) is 18.3. The van der Waals surface area contributed by atoms with Crippen molar-refractivity contribution in [2.75, 3.05) is 12.8 Å². The van der Waals surface area contributed by atoms with E-state index in [9.17, 15) is 18.3 Å². The summed E-state index contributed by atoms with van der Waals surface area (Å²) in [6.07, 6.45) is 5.31. The number of carbonyl (C=O) groups excluding carboxylic acids is 1. The summed E-state index contributed by atoms with van der Waals surface area (Å²) in [5.41, 5.74) is 1.74. The lowest BCUT2D eigenvalue weighted by molar-refractivity contribution is -0.161. The highest BCUT2D eigenvalue weighted by atomic mass is 32.2. The van der Waals surface area contributed by atoms with E-state index in [4.69, 9.17) is 0 Å². The van der Waals surface area contributed by atoms with Crippen LogP contribution in [-0.4, -0.2) is 54.8 Å². The monoisotopic (exact) mass is 454 g/mol. The Labute approximate surface area is 189 Å². The molecule has 1 heterocycles. The Bertz CT molecular complexity index is 1120. The Morgan fingerprint density at radius 2 is 1.75 bits per heavy atom. The normalized spacial score (nSPS) is 25.5. The summed E-state index contributed by atoms with van der Waals surface area (Å²) in [7, 11) is -3.44. The Morgan fingerprint density at radius 3 is 2.34 bits per heavy atom. The Balaban J connectivity index is 1.48. The standard InChI is InChI=1S/C25H30N2O4S/c1-32(30,31)26-22-21(16-18-7-5-10-20(15-18)19-8-3-2-4-9-19)27(17-24(22)13-14-24)23(28)25(29)11-6-12-25/h2-5,7-10,15,21-22,26,29H,6,11-14,16-17H2,1H3/t21-,22+/m0/s1. The van der Waals surface area contributed by atoms with Crippen molar-refractivity contribution < 1.29 is 18.3 Å². The van der Waals surface area contributed by atoms with Gasteiger partial charge >= 0.3 is 0 Å². The lowest BCUT2D eigenvalue weighted by Crippen LogP contribution is -2.57. The third-order valence-electron chi connectivity index (χ3n) is 7.48. The lowest BCUT2D eigenvalue weighted by atomic mass is 9.79. The molecule has 6 nitrogen and oxygen atoms in total. The Hall–Kier alpha value is -2.22. The summed E-state index contributed by atoms with van der Waals surface area (Å²) in [5.74, 6) is -0.239. The summed E-state index contributed by atoms with van der Waals surface area (Å²) >= 11 is 0. The summed E-state index contributed by atoms with van der Waals surface area (Å²) < 4.78 is 27.3. The average molecular weight is 455 g/mol. The topological polar surface area (TPSA) is 86.7 Å². The van der Waals surface area contributed by atoms with Crippen molar-refractivity contribution in [2.24, 2.45) is 5.41 Å². The number of likely N-dealkylation sites (tertiary alicyclic amines) is 1. The van der Waals surface area contributed by atoms with Gasteiger partial charge in [-0.3, -0.25) is 4.79 Å². The van der Waals surface area contributed by atoms with E-state index in [1.54, 1.807) is 4.90 Å². The van der Waals surface area contributed by atoms with Crippen LogP contribution in [0.25, 0.3) is 11.1 Å². The second kappa shape index (κ2) is 7.68. The molecular formula is C25H30N2O4S. The second-order valence-electron chi connectivity index (χ2n) is 9.89. The number of rotatable bonds is 6. The summed E-state index contributed by atoms with van der Waals surface area (Å²) in [6, 6.07) is 17.6. The fourth-order valence-electron chi connectivity index (χ4n) is 5.40. The molecule has 170 valence electrons. The minimum absolute atomic E-state index is 0.222. The molecule has 1 spiro atoms. The first kappa shape index (κ1) is 21.6. The van der Waals surface area contributed by atoms with Gasteiger partial charge in [-0.1, -0.05) is 54.6 Å². The molecule has 1 amide bonds. The van der Waals surface area contributed by atoms with E-state index in [0.29, 0.717) is 25.8 Å². The van der Waals surface area contributed by atoms with Gasteiger partial charge in [0.1, 0.15) is 5.60 Å². The number of carbonyl (C=O) groups is 1. The van der Waals surface area contributed by atoms with E-state index in [0.717, 1.165) is 36.0 Å². The van der Waals surface area contributed by atoms with Gasteiger partial charge in [-0.15, -0.1) is 0 Å². The molecule has 2 aromatic carbocycles. The summed E-state index contributed by atoms with van der Waals surface area (Å²) in [6.45, 7) is 0.504. The SMILES string of the molecule is CS(=O)(=O)N[C@@H]1[C@H](Cc2cccc(-c3ccccc3)c2)N(C(=O)C2(O)CCC2)CC12CC2. The van der Waals surface area contributed by atoms with Crippen molar-refractivity contribution in [3.63, 3.8) is 0 Å². The van der Waals surface area contributed by atoms with Crippen LogP contribution in [0.3, 0.4) is 0 Å². The van der Waals surface area contributed by atoms with Crippen LogP contribution < -0.4 is 4.72 Å². The molecule has 2 saturated carbocycles. The minimum atomic E-state index is -3.44. The average Bonchev–Trinajstić information content (AvgIpc) is 3.47. The van der Waals surface area contributed by atoms with Gasteiger partial charge in [-0.05, 0) is 55.2 Å². The number of hydrogen-bond acceptors (Lipinski definition) is 4. The van der Waals surface area contributed by atoms with Gasteiger partial charge in [0.25, 0.3) is 5.91 Å². The van der Waals surface area contributed by atoms with E-state index >= 15 is 0 Å². The third-order valence-corrected chi connectivity index (χ3v) is 8.16. The number of hydrogen-bond donors (Lipinski definition) is 2. The zero-order valence-corrected chi connectivity index (χ0v) is 19.1. The predicted molar refractivity (Wildman–Crippen MR) is 123 cm³/mol.